The van der Waals surface area contributed by atoms with E-state index in [0.29, 0.717) is 23.9 Å². The van der Waals surface area contributed by atoms with Crippen LogP contribution in [0.3, 0.4) is 0 Å². The summed E-state index contributed by atoms with van der Waals surface area (Å²) in [7, 11) is 1.20. The molecule has 3 atom stereocenters. The smallest absolute Gasteiger partial charge is 0.268 e. The lowest BCUT2D eigenvalue weighted by Gasteiger charge is -2.29. The van der Waals surface area contributed by atoms with Crippen molar-refractivity contribution in [1.29, 1.82) is 0 Å². The zero-order chi connectivity index (χ0) is 58.4. The predicted molar refractivity (Wildman–Crippen MR) is 348 cm³/mol. The lowest BCUT2D eigenvalue weighted by molar-refractivity contribution is -0.870. The fourth-order valence-electron chi connectivity index (χ4n) is 8.79. The Bertz CT molecular complexity index is 1760. The number of carbonyl (C=O) groups is 1. The molecule has 0 saturated carbocycles. The Labute approximate surface area is 494 Å². The number of carbonyl (C=O) groups excluding carboxylic acids is 1. The highest BCUT2D eigenvalue weighted by Gasteiger charge is 2.23. The van der Waals surface area contributed by atoms with Gasteiger partial charge in [-0.3, -0.25) is 9.36 Å². The summed E-state index contributed by atoms with van der Waals surface area (Å²) in [4.78, 5) is 25.6. The number of amides is 1. The van der Waals surface area contributed by atoms with E-state index >= 15 is 0 Å². The van der Waals surface area contributed by atoms with Gasteiger partial charge in [0.1, 0.15) is 13.2 Å². The standard InChI is InChI=1S/C71H123N2O6P/c1-6-8-10-12-14-16-18-20-22-24-26-28-30-32-34-36-38-40-42-44-46-48-50-52-54-56-58-60-62-64-70(74)69(68-79-80(76,77)78-67-66-73(3,4)5)72-71(75)65-63-61-59-57-55-53-51-49-47-45-43-41-39-37-35-33-31-29-27-25-23-21-19-17-15-13-11-9-7-2/h9,11,15,17,21,23,27,29,33,35,39,41,45-48,51,53-54,56,62,64,69-70,74H,6-8,10,12-14,16,18-20,22,24-26,28,30-32,34,36-38,40,42-44,49-50,52,55,57-61,63,65-68H2,1-5H3,(H-,72,75,76,77)/b11-9-,17-15-,23-21-,29-27-,35-33-,41-39-,47-45-,48-46+,53-51-,56-54+,64-62+. The first-order valence-electron chi connectivity index (χ1n) is 32.5. The quantitative estimate of drug-likeness (QED) is 0.0272. The molecule has 80 heavy (non-hydrogen) atoms. The average Bonchev–Trinajstić information content (AvgIpc) is 3.42. The second-order valence-electron chi connectivity index (χ2n) is 22.7. The van der Waals surface area contributed by atoms with Crippen molar-refractivity contribution in [1.82, 2.24) is 5.32 Å². The lowest BCUT2D eigenvalue weighted by atomic mass is 10.0. The summed E-state index contributed by atoms with van der Waals surface area (Å²) in [5, 5.41) is 13.9. The second-order valence-corrected chi connectivity index (χ2v) is 24.1. The number of rotatable bonds is 58. The molecule has 0 saturated heterocycles. The molecule has 9 heteroatoms. The monoisotopic (exact) mass is 1130 g/mol. The van der Waals surface area contributed by atoms with Gasteiger partial charge in [0, 0.05) is 6.42 Å². The maximum atomic E-state index is 13.0. The fourth-order valence-corrected chi connectivity index (χ4v) is 9.51. The minimum absolute atomic E-state index is 0.0220. The van der Waals surface area contributed by atoms with Crippen LogP contribution in [0.1, 0.15) is 258 Å². The molecule has 3 unspecified atom stereocenters. The van der Waals surface area contributed by atoms with Crippen LogP contribution in [-0.4, -0.2) is 68.5 Å². The molecule has 2 N–H and O–H groups in total. The fraction of sp³-hybridized carbons (Fsp3) is 0.676. The predicted octanol–water partition coefficient (Wildman–Crippen LogP) is 20.0. The molecule has 0 aromatic carbocycles. The Hall–Kier alpha value is -3.36. The molecule has 0 aliphatic rings. The van der Waals surface area contributed by atoms with Gasteiger partial charge in [-0.05, 0) is 109 Å². The number of phosphoric ester groups is 1. The highest BCUT2D eigenvalue weighted by atomic mass is 31.2. The molecule has 458 valence electrons. The number of nitrogens with one attached hydrogen (secondary N) is 1. The van der Waals surface area contributed by atoms with Gasteiger partial charge < -0.3 is 28.8 Å². The van der Waals surface area contributed by atoms with Crippen molar-refractivity contribution in [3.8, 4) is 0 Å². The van der Waals surface area contributed by atoms with Gasteiger partial charge in [-0.25, -0.2) is 0 Å². The number of likely N-dealkylation sites (N-methyl/N-ethyl adjacent to an activating group) is 1. The Morgan fingerprint density at radius 1 is 0.450 bits per heavy atom. The van der Waals surface area contributed by atoms with Gasteiger partial charge in [-0.2, -0.15) is 0 Å². The molecule has 0 radical (unpaired) electrons. The zero-order valence-electron chi connectivity index (χ0n) is 52.2. The first-order valence-corrected chi connectivity index (χ1v) is 34.0. The number of hydrogen-bond donors (Lipinski definition) is 2. The summed E-state index contributed by atoms with van der Waals surface area (Å²) in [5.41, 5.74) is 0. The number of phosphoric acid groups is 1. The number of hydrogen-bond acceptors (Lipinski definition) is 6. The molecule has 0 spiro atoms. The third-order valence-electron chi connectivity index (χ3n) is 13.8. The third-order valence-corrected chi connectivity index (χ3v) is 14.8. The molecule has 0 aliphatic heterocycles. The van der Waals surface area contributed by atoms with E-state index in [4.69, 9.17) is 9.05 Å². The van der Waals surface area contributed by atoms with E-state index in [9.17, 15) is 19.4 Å². The van der Waals surface area contributed by atoms with Gasteiger partial charge in [0.2, 0.25) is 5.91 Å². The van der Waals surface area contributed by atoms with Crippen molar-refractivity contribution >= 4 is 13.7 Å². The number of aliphatic hydroxyl groups is 1. The van der Waals surface area contributed by atoms with Crippen LogP contribution in [0.2, 0.25) is 0 Å². The normalized spacial score (nSPS) is 14.6. The SMILES string of the molecule is CC/C=C\C/C=C\C/C=C\C/C=C\C/C=C\C/C=C\C/C=C\C/C=C\CCCCCCC(=O)NC(COP(=O)([O-])OCC[N+](C)(C)C)C(O)/C=C/CC/C=C/CC/C=C/CCCCCCCCCCCCCCCCCCCCC. The van der Waals surface area contributed by atoms with Crippen LogP contribution in [0.25, 0.3) is 0 Å². The van der Waals surface area contributed by atoms with Crippen molar-refractivity contribution in [2.75, 3.05) is 40.9 Å². The third kappa shape index (κ3) is 62.2. The minimum Gasteiger partial charge on any atom is -0.756 e. The summed E-state index contributed by atoms with van der Waals surface area (Å²) in [5.74, 6) is -0.240. The number of unbranched alkanes of at least 4 members (excludes halogenated alkanes) is 25. The Morgan fingerprint density at radius 3 is 1.16 bits per heavy atom. The van der Waals surface area contributed by atoms with E-state index in [1.165, 1.54) is 128 Å². The molecule has 0 fully saturated rings. The van der Waals surface area contributed by atoms with E-state index in [2.05, 4.69) is 141 Å². The molecule has 0 bridgehead atoms. The van der Waals surface area contributed by atoms with E-state index in [1.54, 1.807) is 6.08 Å². The van der Waals surface area contributed by atoms with Gasteiger partial charge >= 0.3 is 0 Å². The highest BCUT2D eigenvalue weighted by Crippen LogP contribution is 2.38. The Kier molecular flexibility index (Phi) is 57.7. The van der Waals surface area contributed by atoms with Crippen LogP contribution < -0.4 is 10.2 Å². The van der Waals surface area contributed by atoms with Gasteiger partial charge in [-0.15, -0.1) is 0 Å². The summed E-state index contributed by atoms with van der Waals surface area (Å²) in [6.45, 7) is 4.49. The van der Waals surface area contributed by atoms with Gasteiger partial charge in [0.15, 0.2) is 0 Å². The average molecular weight is 1130 g/mol. The molecule has 0 aliphatic carbocycles. The first kappa shape index (κ1) is 76.6. The van der Waals surface area contributed by atoms with Crippen LogP contribution in [0.5, 0.6) is 0 Å². The second kappa shape index (κ2) is 60.2. The van der Waals surface area contributed by atoms with Crippen LogP contribution in [0.4, 0.5) is 0 Å². The zero-order valence-corrected chi connectivity index (χ0v) is 53.1. The lowest BCUT2D eigenvalue weighted by Crippen LogP contribution is -2.45. The van der Waals surface area contributed by atoms with Crippen molar-refractivity contribution in [2.24, 2.45) is 0 Å². The van der Waals surface area contributed by atoms with Gasteiger partial charge in [-0.1, -0.05) is 276 Å². The number of quaternary nitrogens is 1. The van der Waals surface area contributed by atoms with Gasteiger partial charge in [0.05, 0.1) is 39.9 Å². The molecular formula is C71H123N2O6P. The molecular weight excluding hydrogens is 1010 g/mol. The number of allylic oxidation sites excluding steroid dienone is 21. The first-order chi connectivity index (χ1) is 39.0. The molecule has 0 aromatic rings. The van der Waals surface area contributed by atoms with E-state index in [-0.39, 0.29) is 12.5 Å². The van der Waals surface area contributed by atoms with E-state index in [0.717, 1.165) is 103 Å². The summed E-state index contributed by atoms with van der Waals surface area (Å²) < 4.78 is 23.4. The summed E-state index contributed by atoms with van der Waals surface area (Å²) >= 11 is 0. The topological polar surface area (TPSA) is 108 Å². The number of aliphatic hydroxyl groups excluding tert-OH is 1. The maximum Gasteiger partial charge on any atom is 0.268 e. The summed E-state index contributed by atoms with van der Waals surface area (Å²) in [6, 6.07) is -0.936. The van der Waals surface area contributed by atoms with Crippen molar-refractivity contribution in [3.63, 3.8) is 0 Å². The summed E-state index contributed by atoms with van der Waals surface area (Å²) in [6.07, 6.45) is 91.3. The maximum absolute atomic E-state index is 13.0. The van der Waals surface area contributed by atoms with Crippen molar-refractivity contribution in [3.05, 3.63) is 134 Å². The van der Waals surface area contributed by atoms with Crippen molar-refractivity contribution < 1.29 is 32.9 Å². The molecule has 0 aromatic heterocycles. The Balaban J connectivity index is 4.31. The number of nitrogens with zero attached hydrogens (tertiary/aromatic N) is 1. The Morgan fingerprint density at radius 2 is 0.775 bits per heavy atom. The highest BCUT2D eigenvalue weighted by molar-refractivity contribution is 7.45. The van der Waals surface area contributed by atoms with Crippen LogP contribution in [-0.2, 0) is 18.4 Å². The van der Waals surface area contributed by atoms with Crippen LogP contribution >= 0.6 is 7.82 Å². The molecule has 1 amide bonds. The van der Waals surface area contributed by atoms with Gasteiger partial charge in [0.25, 0.3) is 7.82 Å². The van der Waals surface area contributed by atoms with E-state index in [1.807, 2.05) is 27.2 Å². The minimum atomic E-state index is -4.63. The van der Waals surface area contributed by atoms with Crippen LogP contribution in [0, 0.1) is 0 Å². The molecule has 0 heterocycles. The van der Waals surface area contributed by atoms with E-state index < -0.39 is 26.6 Å². The van der Waals surface area contributed by atoms with Crippen molar-refractivity contribution in [2.45, 2.75) is 270 Å². The molecule has 0 rings (SSSR count). The van der Waals surface area contributed by atoms with Crippen LogP contribution in [0.15, 0.2) is 134 Å². The largest absolute Gasteiger partial charge is 0.756 e. The molecule has 8 nitrogen and oxygen atoms in total.